The molecule has 2 fully saturated rings. The average molecular weight is 150 g/mol. The summed E-state index contributed by atoms with van der Waals surface area (Å²) < 4.78 is 0. The van der Waals surface area contributed by atoms with Crippen molar-refractivity contribution in [3.8, 4) is 6.07 Å². The van der Waals surface area contributed by atoms with Crippen LogP contribution in [0.1, 0.15) is 26.7 Å². The summed E-state index contributed by atoms with van der Waals surface area (Å²) >= 11 is 0. The first kappa shape index (κ1) is 7.12. The molecule has 0 aromatic carbocycles. The van der Waals surface area contributed by atoms with Crippen LogP contribution in [0.15, 0.2) is 0 Å². The monoisotopic (exact) mass is 150 g/mol. The van der Waals surface area contributed by atoms with Gasteiger partial charge in [0.15, 0.2) is 0 Å². The number of hydrogen-bond acceptors (Lipinski definition) is 2. The van der Waals surface area contributed by atoms with E-state index in [1.54, 1.807) is 0 Å². The van der Waals surface area contributed by atoms with Crippen LogP contribution in [0.4, 0.5) is 0 Å². The molecule has 0 aromatic heterocycles. The lowest BCUT2D eigenvalue weighted by molar-refractivity contribution is 0.561. The highest BCUT2D eigenvalue weighted by Crippen LogP contribution is 2.53. The van der Waals surface area contributed by atoms with Crippen LogP contribution in [-0.2, 0) is 0 Å². The second-order valence-corrected chi connectivity index (χ2v) is 4.18. The fraction of sp³-hybridized carbons (Fsp3) is 0.889. The van der Waals surface area contributed by atoms with Crippen LogP contribution in [0, 0.1) is 22.7 Å². The molecule has 60 valence electrons. The normalized spacial score (nSPS) is 38.4. The minimum atomic E-state index is 0.0505. The molecule has 2 unspecified atom stereocenters. The van der Waals surface area contributed by atoms with Gasteiger partial charge in [-0.15, -0.1) is 0 Å². The Morgan fingerprint density at radius 3 is 2.45 bits per heavy atom. The van der Waals surface area contributed by atoms with Gasteiger partial charge < -0.3 is 5.32 Å². The third-order valence-electron chi connectivity index (χ3n) is 2.95. The first-order chi connectivity index (χ1) is 5.19. The van der Waals surface area contributed by atoms with Crippen LogP contribution in [0.25, 0.3) is 0 Å². The van der Waals surface area contributed by atoms with E-state index < -0.39 is 0 Å². The maximum Gasteiger partial charge on any atom is 0.0743 e. The van der Waals surface area contributed by atoms with Crippen molar-refractivity contribution in [2.75, 3.05) is 0 Å². The van der Waals surface area contributed by atoms with Crippen LogP contribution in [0.5, 0.6) is 0 Å². The molecule has 2 atom stereocenters. The zero-order chi connectivity index (χ0) is 8.06. The van der Waals surface area contributed by atoms with Gasteiger partial charge in [0.1, 0.15) is 0 Å². The topological polar surface area (TPSA) is 45.7 Å². The van der Waals surface area contributed by atoms with E-state index in [1.165, 1.54) is 0 Å². The SMILES string of the molecule is CC(C)C1NC1C1(C#N)CC1. The molecule has 0 spiro atoms. The Bertz CT molecular complexity index is 210. The molecule has 2 aliphatic rings. The molecule has 11 heavy (non-hydrogen) atoms. The largest absolute Gasteiger partial charge is 0.306 e. The minimum absolute atomic E-state index is 0.0505. The molecule has 1 saturated heterocycles. The van der Waals surface area contributed by atoms with Crippen molar-refractivity contribution in [2.24, 2.45) is 11.3 Å². The van der Waals surface area contributed by atoms with Gasteiger partial charge in [-0.2, -0.15) is 5.26 Å². The number of nitriles is 1. The summed E-state index contributed by atoms with van der Waals surface area (Å²) in [6, 6.07) is 3.58. The highest BCUT2D eigenvalue weighted by molar-refractivity contribution is 5.25. The second-order valence-electron chi connectivity index (χ2n) is 4.18. The average Bonchev–Trinajstić information content (AvgIpc) is 2.83. The van der Waals surface area contributed by atoms with Crippen molar-refractivity contribution >= 4 is 0 Å². The molecule has 0 aromatic rings. The molecule has 2 rings (SSSR count). The number of nitrogens with zero attached hydrogens (tertiary/aromatic N) is 1. The van der Waals surface area contributed by atoms with Crippen molar-refractivity contribution in [3.63, 3.8) is 0 Å². The van der Waals surface area contributed by atoms with E-state index in [9.17, 15) is 0 Å². The van der Waals surface area contributed by atoms with E-state index >= 15 is 0 Å². The maximum absolute atomic E-state index is 8.88. The van der Waals surface area contributed by atoms with E-state index in [4.69, 9.17) is 5.26 Å². The summed E-state index contributed by atoms with van der Waals surface area (Å²) in [6.07, 6.45) is 2.23. The van der Waals surface area contributed by atoms with Gasteiger partial charge in [-0.3, -0.25) is 0 Å². The van der Waals surface area contributed by atoms with E-state index in [0.717, 1.165) is 12.8 Å². The van der Waals surface area contributed by atoms with Crippen molar-refractivity contribution in [2.45, 2.75) is 38.8 Å². The zero-order valence-corrected chi connectivity index (χ0v) is 7.09. The third kappa shape index (κ3) is 0.954. The lowest BCUT2D eigenvalue weighted by atomic mass is 9.97. The predicted octanol–water partition coefficient (Wildman–Crippen LogP) is 1.29. The molecule has 2 heteroatoms. The summed E-state index contributed by atoms with van der Waals surface area (Å²) in [4.78, 5) is 0. The standard InChI is InChI=1S/C9H14N2/c1-6(2)7-8(11-7)9(5-10)3-4-9/h6-8,11H,3-4H2,1-2H3. The quantitative estimate of drug-likeness (QED) is 0.603. The Balaban J connectivity index is 1.97. The Labute approximate surface area is 67.6 Å². The highest BCUT2D eigenvalue weighted by atomic mass is 15.2. The number of rotatable bonds is 2. The first-order valence-electron chi connectivity index (χ1n) is 4.37. The lowest BCUT2D eigenvalue weighted by Crippen LogP contribution is -2.12. The van der Waals surface area contributed by atoms with Crippen LogP contribution >= 0.6 is 0 Å². The zero-order valence-electron chi connectivity index (χ0n) is 7.09. The van der Waals surface area contributed by atoms with Crippen LogP contribution < -0.4 is 5.32 Å². The maximum atomic E-state index is 8.88. The van der Waals surface area contributed by atoms with E-state index in [1.807, 2.05) is 0 Å². The smallest absolute Gasteiger partial charge is 0.0743 e. The molecule has 1 aliphatic carbocycles. The molecular weight excluding hydrogens is 136 g/mol. The van der Waals surface area contributed by atoms with Gasteiger partial charge in [0, 0.05) is 12.1 Å². The molecule has 0 radical (unpaired) electrons. The van der Waals surface area contributed by atoms with E-state index in [0.29, 0.717) is 18.0 Å². The van der Waals surface area contributed by atoms with Gasteiger partial charge in [-0.1, -0.05) is 13.8 Å². The molecule has 2 nitrogen and oxygen atoms in total. The van der Waals surface area contributed by atoms with Crippen LogP contribution in [0.3, 0.4) is 0 Å². The summed E-state index contributed by atoms with van der Waals surface area (Å²) in [5.74, 6) is 0.686. The summed E-state index contributed by atoms with van der Waals surface area (Å²) in [5.41, 5.74) is 0.0505. The number of nitrogens with one attached hydrogen (secondary N) is 1. The summed E-state index contributed by atoms with van der Waals surface area (Å²) in [7, 11) is 0. The Hall–Kier alpha value is -0.550. The summed E-state index contributed by atoms with van der Waals surface area (Å²) in [6.45, 7) is 4.43. The van der Waals surface area contributed by atoms with Crippen molar-refractivity contribution < 1.29 is 0 Å². The third-order valence-corrected chi connectivity index (χ3v) is 2.95. The fourth-order valence-electron chi connectivity index (χ4n) is 1.86. The van der Waals surface area contributed by atoms with E-state index in [2.05, 4.69) is 25.2 Å². The van der Waals surface area contributed by atoms with Gasteiger partial charge in [-0.05, 0) is 18.8 Å². The van der Waals surface area contributed by atoms with Crippen LogP contribution in [0.2, 0.25) is 0 Å². The first-order valence-corrected chi connectivity index (χ1v) is 4.37. The Kier molecular flexibility index (Phi) is 1.28. The molecule has 1 aliphatic heterocycles. The van der Waals surface area contributed by atoms with Crippen molar-refractivity contribution in [3.05, 3.63) is 0 Å². The van der Waals surface area contributed by atoms with E-state index in [-0.39, 0.29) is 5.41 Å². The van der Waals surface area contributed by atoms with Gasteiger partial charge in [0.05, 0.1) is 11.5 Å². The minimum Gasteiger partial charge on any atom is -0.306 e. The second kappa shape index (κ2) is 1.98. The molecule has 1 N–H and O–H groups in total. The Morgan fingerprint density at radius 1 is 1.55 bits per heavy atom. The lowest BCUT2D eigenvalue weighted by Gasteiger charge is -2.03. The van der Waals surface area contributed by atoms with Crippen LogP contribution in [-0.4, -0.2) is 12.1 Å². The fourth-order valence-corrected chi connectivity index (χ4v) is 1.86. The van der Waals surface area contributed by atoms with Crippen molar-refractivity contribution in [1.29, 1.82) is 5.26 Å². The highest BCUT2D eigenvalue weighted by Gasteiger charge is 2.60. The molecule has 1 heterocycles. The molecule has 0 amide bonds. The molecular formula is C9H14N2. The molecule has 0 bridgehead atoms. The van der Waals surface area contributed by atoms with Gasteiger partial charge in [-0.25, -0.2) is 0 Å². The van der Waals surface area contributed by atoms with Gasteiger partial charge >= 0.3 is 0 Å². The van der Waals surface area contributed by atoms with Crippen molar-refractivity contribution in [1.82, 2.24) is 5.32 Å². The van der Waals surface area contributed by atoms with Gasteiger partial charge in [0.25, 0.3) is 0 Å². The molecule has 1 saturated carbocycles. The Morgan fingerprint density at radius 2 is 2.18 bits per heavy atom. The van der Waals surface area contributed by atoms with Gasteiger partial charge in [0.2, 0.25) is 0 Å². The predicted molar refractivity (Wildman–Crippen MR) is 42.8 cm³/mol. The summed E-state index contributed by atoms with van der Waals surface area (Å²) in [5, 5.41) is 12.3. The number of hydrogen-bond donors (Lipinski definition) is 1.